The van der Waals surface area contributed by atoms with Crippen LogP contribution in [0, 0.1) is 0 Å². The van der Waals surface area contributed by atoms with Crippen molar-refractivity contribution in [1.29, 1.82) is 0 Å². The molecule has 0 amide bonds. The minimum absolute atomic E-state index is 0. The number of rotatable bonds is 5. The normalized spacial score (nSPS) is 16.7. The number of piperazine rings is 1. The Morgan fingerprint density at radius 2 is 1.18 bits per heavy atom. The molecule has 0 aliphatic carbocycles. The van der Waals surface area contributed by atoms with Crippen LogP contribution >= 0.6 is 0 Å². The minimum Gasteiger partial charge on any atom is -0.759 e. The van der Waals surface area contributed by atoms with Gasteiger partial charge in [-0.15, -0.1) is 0 Å². The summed E-state index contributed by atoms with van der Waals surface area (Å²) in [6, 6.07) is 0. The molecule has 0 bridgehead atoms. The van der Waals surface area contributed by atoms with Crippen molar-refractivity contribution in [1.82, 2.24) is 9.80 Å². The van der Waals surface area contributed by atoms with Crippen LogP contribution in [0.5, 0.6) is 0 Å². The molecular weight excluding hydrogens is 394 g/mol. The van der Waals surface area contributed by atoms with Gasteiger partial charge in [-0.05, 0) is 0 Å². The van der Waals surface area contributed by atoms with E-state index in [1.165, 1.54) is 0 Å². The number of β-amino-alcohol motifs (C(OH)–C–C–N with tert-alkyl or cyclic N) is 1. The second-order valence-electron chi connectivity index (χ2n) is 4.10. The second-order valence-corrected chi connectivity index (χ2v) is 6.49. The first-order valence-electron chi connectivity index (χ1n) is 5.68. The Hall–Kier alpha value is 2.93. The van der Waals surface area contributed by atoms with Gasteiger partial charge in [-0.2, -0.15) is 8.42 Å². The quantitative estimate of drug-likeness (QED) is 0.252. The molecule has 1 fully saturated rings. The molecule has 0 atom stereocenters. The van der Waals surface area contributed by atoms with Gasteiger partial charge < -0.3 is 14.2 Å². The summed E-state index contributed by atoms with van der Waals surface area (Å²) in [5, 5.41) is 8.73. The van der Waals surface area contributed by atoms with Gasteiger partial charge in [0.15, 0.2) is 0 Å². The Labute approximate surface area is 216 Å². The fraction of sp³-hybridized carbons (Fsp3) is 1.00. The summed E-state index contributed by atoms with van der Waals surface area (Å²) in [6.45, 7) is 4.46. The van der Waals surface area contributed by atoms with Gasteiger partial charge in [-0.3, -0.25) is 22.8 Å². The smallest absolute Gasteiger partial charge is 0.759 e. The molecular formula is C8H18K2N2O8S2. The average Bonchev–Trinajstić information content (AvgIpc) is 2.25. The summed E-state index contributed by atoms with van der Waals surface area (Å²) >= 11 is 0. The number of hydrogen-bond acceptors (Lipinski definition) is 9. The van der Waals surface area contributed by atoms with Crippen LogP contribution in [-0.4, -0.2) is 97.0 Å². The van der Waals surface area contributed by atoms with Crippen LogP contribution in [0.1, 0.15) is 0 Å². The van der Waals surface area contributed by atoms with E-state index in [0.717, 1.165) is 26.2 Å². The third kappa shape index (κ3) is 22.9. The Bertz CT molecular complexity index is 457. The SMILES string of the molecule is O=S(=O)(O)CCN1CCN(CCO)CC1.O=S(=O)([O-])[O-].[K+].[K+]. The summed E-state index contributed by atoms with van der Waals surface area (Å²) in [6.07, 6.45) is 0. The second kappa shape index (κ2) is 15.0. The summed E-state index contributed by atoms with van der Waals surface area (Å²) < 4.78 is 63.7. The van der Waals surface area contributed by atoms with Crippen molar-refractivity contribution in [2.24, 2.45) is 0 Å². The minimum atomic E-state index is -5.17. The van der Waals surface area contributed by atoms with Crippen molar-refractivity contribution in [3.8, 4) is 0 Å². The fourth-order valence-corrected chi connectivity index (χ4v) is 2.11. The van der Waals surface area contributed by atoms with Gasteiger partial charge in [-0.1, -0.05) is 0 Å². The van der Waals surface area contributed by atoms with E-state index in [-0.39, 0.29) is 115 Å². The molecule has 0 saturated carbocycles. The van der Waals surface area contributed by atoms with E-state index in [1.54, 1.807) is 0 Å². The molecule has 1 saturated heterocycles. The zero-order chi connectivity index (χ0) is 15.8. The van der Waals surface area contributed by atoms with Gasteiger partial charge >= 0.3 is 103 Å². The first-order valence-corrected chi connectivity index (χ1v) is 8.63. The molecule has 0 unspecified atom stereocenters. The van der Waals surface area contributed by atoms with Gasteiger partial charge in [-0.25, -0.2) is 0 Å². The third-order valence-corrected chi connectivity index (χ3v) is 3.25. The van der Waals surface area contributed by atoms with E-state index in [4.69, 9.17) is 27.2 Å². The van der Waals surface area contributed by atoms with E-state index in [2.05, 4.69) is 4.90 Å². The largest absolute Gasteiger partial charge is 1.00 e. The summed E-state index contributed by atoms with van der Waals surface area (Å²) in [7, 11) is -9.01. The number of aliphatic hydroxyl groups is 1. The van der Waals surface area contributed by atoms with Crippen LogP contribution in [0.25, 0.3) is 0 Å². The van der Waals surface area contributed by atoms with Crippen molar-refractivity contribution in [2.45, 2.75) is 0 Å². The Balaban J connectivity index is -0.000000452. The average molecular weight is 413 g/mol. The maximum absolute atomic E-state index is 10.5. The van der Waals surface area contributed by atoms with E-state index in [1.807, 2.05) is 4.90 Å². The van der Waals surface area contributed by atoms with Crippen molar-refractivity contribution >= 4 is 20.5 Å². The molecule has 2 N–H and O–H groups in total. The van der Waals surface area contributed by atoms with E-state index >= 15 is 0 Å². The summed E-state index contributed by atoms with van der Waals surface area (Å²) in [4.78, 5) is 4.13. The molecule has 0 spiro atoms. The third-order valence-electron chi connectivity index (χ3n) is 2.55. The molecule has 0 aromatic carbocycles. The maximum atomic E-state index is 10.5. The van der Waals surface area contributed by atoms with Crippen molar-refractivity contribution < 1.29 is 138 Å². The topological polar surface area (TPSA) is 161 Å². The van der Waals surface area contributed by atoms with Gasteiger partial charge in [0.1, 0.15) is 0 Å². The fourth-order valence-electron chi connectivity index (χ4n) is 1.62. The predicted molar refractivity (Wildman–Crippen MR) is 66.9 cm³/mol. The molecule has 1 aliphatic heterocycles. The molecule has 0 aromatic rings. The molecule has 1 rings (SSSR count). The Morgan fingerprint density at radius 3 is 1.45 bits per heavy atom. The van der Waals surface area contributed by atoms with Gasteiger partial charge in [0.2, 0.25) is 0 Å². The van der Waals surface area contributed by atoms with Crippen LogP contribution in [0.4, 0.5) is 0 Å². The van der Waals surface area contributed by atoms with Crippen LogP contribution < -0.4 is 103 Å². The first-order chi connectivity index (χ1) is 9.01. The van der Waals surface area contributed by atoms with Crippen molar-refractivity contribution in [3.63, 3.8) is 0 Å². The van der Waals surface area contributed by atoms with Gasteiger partial charge in [0.25, 0.3) is 10.1 Å². The molecule has 1 aliphatic rings. The molecule has 14 heteroatoms. The van der Waals surface area contributed by atoms with E-state index < -0.39 is 20.5 Å². The van der Waals surface area contributed by atoms with Crippen LogP contribution in [-0.2, 0) is 20.5 Å². The predicted octanol–water partition coefficient (Wildman–Crippen LogP) is -8.85. The monoisotopic (exact) mass is 412 g/mol. The zero-order valence-electron chi connectivity index (χ0n) is 12.7. The number of hydrogen-bond donors (Lipinski definition) is 2. The summed E-state index contributed by atoms with van der Waals surface area (Å²) in [5.41, 5.74) is 0. The first kappa shape index (κ1) is 29.7. The molecule has 22 heavy (non-hydrogen) atoms. The molecule has 122 valence electrons. The zero-order valence-corrected chi connectivity index (χ0v) is 20.6. The molecule has 0 radical (unpaired) electrons. The van der Waals surface area contributed by atoms with E-state index in [0.29, 0.717) is 13.1 Å². The molecule has 0 aromatic heterocycles. The van der Waals surface area contributed by atoms with Crippen LogP contribution in [0.2, 0.25) is 0 Å². The van der Waals surface area contributed by atoms with E-state index in [9.17, 15) is 8.42 Å². The van der Waals surface area contributed by atoms with Gasteiger partial charge in [0, 0.05) is 49.7 Å². The molecule has 1 heterocycles. The molecule has 10 nitrogen and oxygen atoms in total. The summed E-state index contributed by atoms with van der Waals surface area (Å²) in [5.74, 6) is -0.201. The Morgan fingerprint density at radius 1 is 0.864 bits per heavy atom. The Kier molecular flexibility index (Phi) is 20.3. The van der Waals surface area contributed by atoms with Crippen LogP contribution in [0.3, 0.4) is 0 Å². The van der Waals surface area contributed by atoms with Crippen LogP contribution in [0.15, 0.2) is 0 Å². The van der Waals surface area contributed by atoms with Crippen molar-refractivity contribution in [3.05, 3.63) is 0 Å². The van der Waals surface area contributed by atoms with Gasteiger partial charge in [0.05, 0.1) is 12.4 Å². The van der Waals surface area contributed by atoms with Crippen molar-refractivity contribution in [2.75, 3.05) is 51.6 Å². The standard InChI is InChI=1S/C8H18N2O4S.2K.H2O4S/c11-7-5-9-1-3-10(4-2-9)6-8-15(12,13)14;;;1-5(2,3)4/h11H,1-8H2,(H,12,13,14);;;(H2,1,2,3,4)/q;2*+1;/p-2. The maximum Gasteiger partial charge on any atom is 1.00 e. The number of nitrogens with zero attached hydrogens (tertiary/aromatic N) is 2. The number of aliphatic hydroxyl groups excluding tert-OH is 1.